The molecule has 28 heavy (non-hydrogen) atoms. The summed E-state index contributed by atoms with van der Waals surface area (Å²) >= 11 is 0. The van der Waals surface area contributed by atoms with Crippen molar-refractivity contribution in [3.8, 4) is 0 Å². The predicted molar refractivity (Wildman–Crippen MR) is 92.2 cm³/mol. The number of alkyl halides is 3. The molecule has 1 atom stereocenters. The van der Waals surface area contributed by atoms with Crippen LogP contribution in [0.15, 0.2) is 28.8 Å². The summed E-state index contributed by atoms with van der Waals surface area (Å²) in [6, 6.07) is 4.60. The maximum absolute atomic E-state index is 13.0. The van der Waals surface area contributed by atoms with Crippen LogP contribution in [0.1, 0.15) is 42.8 Å². The van der Waals surface area contributed by atoms with Gasteiger partial charge in [-0.15, -0.1) is 0 Å². The van der Waals surface area contributed by atoms with Crippen molar-refractivity contribution in [3.63, 3.8) is 0 Å². The molecule has 1 N–H and O–H groups in total. The van der Waals surface area contributed by atoms with Crippen molar-refractivity contribution in [2.24, 2.45) is 0 Å². The predicted octanol–water partition coefficient (Wildman–Crippen LogP) is 3.46. The Balaban J connectivity index is 1.73. The van der Waals surface area contributed by atoms with Crippen molar-refractivity contribution >= 4 is 6.03 Å². The van der Waals surface area contributed by atoms with Gasteiger partial charge in [-0.2, -0.15) is 18.2 Å². The maximum Gasteiger partial charge on any atom is 0.416 e. The van der Waals surface area contributed by atoms with E-state index >= 15 is 0 Å². The Labute approximate surface area is 159 Å². The number of hydrogen-bond acceptors (Lipinski definition) is 5. The van der Waals surface area contributed by atoms with Crippen LogP contribution in [0.3, 0.4) is 0 Å². The van der Waals surface area contributed by atoms with Crippen molar-refractivity contribution in [1.29, 1.82) is 0 Å². The largest absolute Gasteiger partial charge is 0.416 e. The van der Waals surface area contributed by atoms with Crippen molar-refractivity contribution in [3.05, 3.63) is 47.1 Å². The van der Waals surface area contributed by atoms with E-state index in [-0.39, 0.29) is 19.1 Å². The number of nitrogens with zero attached hydrogens (tertiary/aromatic N) is 3. The van der Waals surface area contributed by atoms with Gasteiger partial charge in [0.15, 0.2) is 5.82 Å². The molecule has 0 radical (unpaired) electrons. The number of halogens is 3. The molecule has 0 bridgehead atoms. The molecule has 2 heterocycles. The lowest BCUT2D eigenvalue weighted by atomic mass is 10.00. The van der Waals surface area contributed by atoms with E-state index < -0.39 is 23.4 Å². The van der Waals surface area contributed by atoms with Gasteiger partial charge in [-0.1, -0.05) is 17.3 Å². The fraction of sp³-hybridized carbons (Fsp3) is 0.500. The van der Waals surface area contributed by atoms with Crippen LogP contribution in [0.4, 0.5) is 18.0 Å². The molecular weight excluding hydrogens is 377 g/mol. The maximum atomic E-state index is 13.0. The average Bonchev–Trinajstić information content (AvgIpc) is 3.03. The number of carbonyl (C=O) groups is 1. The van der Waals surface area contributed by atoms with Crippen LogP contribution < -0.4 is 5.32 Å². The molecular formula is C18H21F3N4O3. The molecule has 10 heteroatoms. The third kappa shape index (κ3) is 4.80. The lowest BCUT2D eigenvalue weighted by Gasteiger charge is -2.43. The molecule has 1 saturated heterocycles. The monoisotopic (exact) mass is 398 g/mol. The quantitative estimate of drug-likeness (QED) is 0.857. The highest BCUT2D eigenvalue weighted by Gasteiger charge is 2.37. The van der Waals surface area contributed by atoms with Gasteiger partial charge in [-0.25, -0.2) is 4.79 Å². The van der Waals surface area contributed by atoms with Crippen LogP contribution in [0.2, 0.25) is 0 Å². The lowest BCUT2D eigenvalue weighted by molar-refractivity contribution is -0.138. The molecule has 3 rings (SSSR count). The first-order valence-corrected chi connectivity index (χ1v) is 8.70. The van der Waals surface area contributed by atoms with Crippen LogP contribution in [-0.4, -0.2) is 39.8 Å². The number of aromatic nitrogens is 2. The Hall–Kier alpha value is -2.62. The van der Waals surface area contributed by atoms with Gasteiger partial charge < -0.3 is 19.5 Å². The summed E-state index contributed by atoms with van der Waals surface area (Å²) in [5.41, 5.74) is -1.10. The number of nitrogens with one attached hydrogen (secondary N) is 1. The molecule has 0 spiro atoms. The van der Waals surface area contributed by atoms with E-state index in [1.54, 1.807) is 26.8 Å². The number of morpholine rings is 1. The fourth-order valence-corrected chi connectivity index (χ4v) is 3.11. The fourth-order valence-electron chi connectivity index (χ4n) is 3.11. The molecule has 1 aliphatic heterocycles. The molecule has 0 aliphatic carbocycles. The van der Waals surface area contributed by atoms with E-state index in [1.807, 2.05) is 0 Å². The van der Waals surface area contributed by atoms with Crippen LogP contribution in [0.25, 0.3) is 0 Å². The van der Waals surface area contributed by atoms with Gasteiger partial charge in [0.25, 0.3) is 0 Å². The SMILES string of the molecule is Cc1nc(CNC(=O)N2CC(c3cccc(C(F)(F)F)c3)OC(C)(C)C2)no1. The number of carbonyl (C=O) groups excluding carboxylic acids is 1. The van der Waals surface area contributed by atoms with E-state index in [0.29, 0.717) is 23.8 Å². The first-order valence-electron chi connectivity index (χ1n) is 8.70. The van der Waals surface area contributed by atoms with E-state index in [0.717, 1.165) is 12.1 Å². The van der Waals surface area contributed by atoms with Crippen LogP contribution >= 0.6 is 0 Å². The van der Waals surface area contributed by atoms with E-state index in [4.69, 9.17) is 9.26 Å². The smallest absolute Gasteiger partial charge is 0.364 e. The standard InChI is InChI=1S/C18H21F3N4O3/c1-11-23-15(24-28-11)8-22-16(26)25-9-14(27-17(2,3)10-25)12-5-4-6-13(7-12)18(19,20)21/h4-7,14H,8-10H2,1-3H3,(H,22,26). The third-order valence-corrected chi connectivity index (χ3v) is 4.26. The van der Waals surface area contributed by atoms with Crippen LogP contribution in [0.5, 0.6) is 0 Å². The number of rotatable bonds is 3. The van der Waals surface area contributed by atoms with E-state index in [1.165, 1.54) is 11.0 Å². The first kappa shape index (κ1) is 20.1. The number of amides is 2. The van der Waals surface area contributed by atoms with Gasteiger partial charge in [0.05, 0.1) is 30.8 Å². The Morgan fingerprint density at radius 3 is 2.79 bits per heavy atom. The number of aryl methyl sites for hydroxylation is 1. The normalized spacial score (nSPS) is 19.5. The molecule has 1 fully saturated rings. The van der Waals surface area contributed by atoms with E-state index in [2.05, 4.69) is 15.5 Å². The molecule has 1 aromatic heterocycles. The highest BCUT2D eigenvalue weighted by Crippen LogP contribution is 2.35. The minimum atomic E-state index is -4.44. The molecule has 152 valence electrons. The summed E-state index contributed by atoms with van der Waals surface area (Å²) in [4.78, 5) is 18.1. The summed E-state index contributed by atoms with van der Waals surface area (Å²) in [7, 11) is 0. The molecule has 1 unspecified atom stereocenters. The van der Waals surface area contributed by atoms with Gasteiger partial charge >= 0.3 is 12.2 Å². The second-order valence-corrected chi connectivity index (χ2v) is 7.26. The molecule has 2 amide bonds. The zero-order valence-electron chi connectivity index (χ0n) is 15.7. The summed E-state index contributed by atoms with van der Waals surface area (Å²) in [5.74, 6) is 0.731. The first-order chi connectivity index (χ1) is 13.0. The molecule has 0 saturated carbocycles. The number of ether oxygens (including phenoxy) is 1. The minimum absolute atomic E-state index is 0.0855. The summed E-state index contributed by atoms with van der Waals surface area (Å²) < 4.78 is 49.9. The second kappa shape index (κ2) is 7.42. The van der Waals surface area contributed by atoms with Gasteiger partial charge in [-0.3, -0.25) is 0 Å². The van der Waals surface area contributed by atoms with Crippen molar-refractivity contribution in [2.45, 2.75) is 45.2 Å². The molecule has 1 aliphatic rings. The molecule has 2 aromatic rings. The van der Waals surface area contributed by atoms with Crippen molar-refractivity contribution < 1.29 is 27.2 Å². The van der Waals surface area contributed by atoms with Crippen molar-refractivity contribution in [1.82, 2.24) is 20.4 Å². The van der Waals surface area contributed by atoms with Gasteiger partial charge in [-0.05, 0) is 31.5 Å². The zero-order chi connectivity index (χ0) is 20.5. The zero-order valence-corrected chi connectivity index (χ0v) is 15.7. The third-order valence-electron chi connectivity index (χ3n) is 4.26. The highest BCUT2D eigenvalue weighted by atomic mass is 19.4. The molecule has 7 nitrogen and oxygen atoms in total. The van der Waals surface area contributed by atoms with Gasteiger partial charge in [0.2, 0.25) is 5.89 Å². The molecule has 1 aromatic carbocycles. The van der Waals surface area contributed by atoms with Gasteiger partial charge in [0.1, 0.15) is 6.10 Å². The number of urea groups is 1. The average molecular weight is 398 g/mol. The number of hydrogen-bond donors (Lipinski definition) is 1. The van der Waals surface area contributed by atoms with E-state index in [9.17, 15) is 18.0 Å². The highest BCUT2D eigenvalue weighted by molar-refractivity contribution is 5.74. The minimum Gasteiger partial charge on any atom is -0.364 e. The topological polar surface area (TPSA) is 80.5 Å². The Morgan fingerprint density at radius 2 is 2.14 bits per heavy atom. The Kier molecular flexibility index (Phi) is 5.33. The summed E-state index contributed by atoms with van der Waals surface area (Å²) in [5, 5.41) is 6.40. The van der Waals surface area contributed by atoms with Crippen molar-refractivity contribution in [2.75, 3.05) is 13.1 Å². The van der Waals surface area contributed by atoms with Crippen LogP contribution in [-0.2, 0) is 17.5 Å². The number of benzene rings is 1. The summed E-state index contributed by atoms with van der Waals surface area (Å²) in [6.07, 6.45) is -5.12. The summed E-state index contributed by atoms with van der Waals surface area (Å²) in [6.45, 7) is 5.72. The Morgan fingerprint density at radius 1 is 1.39 bits per heavy atom. The van der Waals surface area contributed by atoms with Crippen LogP contribution in [0, 0.1) is 6.92 Å². The lowest BCUT2D eigenvalue weighted by Crippen LogP contribution is -2.54. The Bertz CT molecular complexity index is 851. The second-order valence-electron chi connectivity index (χ2n) is 7.26. The van der Waals surface area contributed by atoms with Gasteiger partial charge in [0, 0.05) is 6.92 Å².